The summed E-state index contributed by atoms with van der Waals surface area (Å²) in [6, 6.07) is 10.7. The number of fused-ring (bicyclic) bond motifs is 1. The zero-order valence-electron chi connectivity index (χ0n) is 16.8. The Morgan fingerprint density at radius 3 is 2.76 bits per heavy atom. The van der Waals surface area contributed by atoms with Crippen molar-refractivity contribution >= 4 is 16.9 Å². The summed E-state index contributed by atoms with van der Waals surface area (Å²) in [5.74, 6) is -0.223. The third kappa shape index (κ3) is 4.48. The van der Waals surface area contributed by atoms with Crippen LogP contribution in [-0.4, -0.2) is 40.0 Å². The Morgan fingerprint density at radius 2 is 1.97 bits per heavy atom. The van der Waals surface area contributed by atoms with Crippen LogP contribution in [0.25, 0.3) is 11.0 Å². The number of hydrogen-bond donors (Lipinski definition) is 1. The molecule has 3 aromatic rings. The van der Waals surface area contributed by atoms with Crippen molar-refractivity contribution < 1.29 is 9.18 Å². The highest BCUT2D eigenvalue weighted by Gasteiger charge is 2.25. The van der Waals surface area contributed by atoms with Crippen LogP contribution in [0.1, 0.15) is 24.0 Å². The molecule has 0 aliphatic carbocycles. The van der Waals surface area contributed by atoms with Crippen LogP contribution >= 0.6 is 0 Å². The average Bonchev–Trinajstić information content (AvgIpc) is 3.08. The molecule has 0 saturated carbocycles. The molecule has 1 aliphatic heterocycles. The summed E-state index contributed by atoms with van der Waals surface area (Å²) in [6.45, 7) is 3.07. The number of piperidine rings is 1. The lowest BCUT2D eigenvalue weighted by Gasteiger charge is -2.31. The lowest BCUT2D eigenvalue weighted by Crippen LogP contribution is -2.41. The number of amides is 1. The van der Waals surface area contributed by atoms with Crippen molar-refractivity contribution in [2.24, 2.45) is 13.0 Å². The second kappa shape index (κ2) is 8.74. The third-order valence-electron chi connectivity index (χ3n) is 5.88. The SMILES string of the molecule is Cn1cc(CCN2CCC(C(=O)NCc3ccccc3F)CC2)c2cccnc21. The maximum atomic E-state index is 13.7. The van der Waals surface area contributed by atoms with Crippen molar-refractivity contribution in [2.45, 2.75) is 25.8 Å². The zero-order chi connectivity index (χ0) is 20.2. The number of halogens is 1. The fourth-order valence-corrected chi connectivity index (χ4v) is 4.16. The molecule has 0 spiro atoms. The van der Waals surface area contributed by atoms with Gasteiger partial charge in [0.15, 0.2) is 0 Å². The summed E-state index contributed by atoms with van der Waals surface area (Å²) < 4.78 is 15.8. The first kappa shape index (κ1) is 19.6. The molecule has 152 valence electrons. The molecule has 5 nitrogen and oxygen atoms in total. The molecule has 0 radical (unpaired) electrons. The number of hydrogen-bond acceptors (Lipinski definition) is 3. The van der Waals surface area contributed by atoms with Crippen molar-refractivity contribution in [1.82, 2.24) is 19.8 Å². The molecule has 4 rings (SSSR count). The number of likely N-dealkylation sites (tertiary alicyclic amines) is 1. The van der Waals surface area contributed by atoms with E-state index in [0.29, 0.717) is 5.56 Å². The molecule has 1 amide bonds. The van der Waals surface area contributed by atoms with Crippen LogP contribution < -0.4 is 5.32 Å². The van der Waals surface area contributed by atoms with Crippen molar-refractivity contribution in [1.29, 1.82) is 0 Å². The molecule has 1 aromatic carbocycles. The second-order valence-electron chi connectivity index (χ2n) is 7.81. The van der Waals surface area contributed by atoms with Crippen LogP contribution in [0.15, 0.2) is 48.8 Å². The summed E-state index contributed by atoms with van der Waals surface area (Å²) in [5.41, 5.74) is 2.87. The van der Waals surface area contributed by atoms with Gasteiger partial charge in [-0.05, 0) is 56.1 Å². The standard InChI is InChI=1S/C23H27FN4O/c1-27-16-19(20-6-4-11-25-22(20)27)10-14-28-12-8-17(9-13-28)23(29)26-15-18-5-2-3-7-21(18)24/h2-7,11,16-17H,8-10,12-15H2,1H3,(H,26,29). The van der Waals surface area contributed by atoms with E-state index in [0.717, 1.165) is 44.5 Å². The second-order valence-corrected chi connectivity index (χ2v) is 7.81. The first-order chi connectivity index (χ1) is 14.1. The van der Waals surface area contributed by atoms with E-state index in [1.165, 1.54) is 17.0 Å². The monoisotopic (exact) mass is 394 g/mol. The highest BCUT2D eigenvalue weighted by molar-refractivity contribution is 5.80. The topological polar surface area (TPSA) is 50.2 Å². The van der Waals surface area contributed by atoms with Gasteiger partial charge >= 0.3 is 0 Å². The number of carbonyl (C=O) groups excluding carboxylic acids is 1. The number of rotatable bonds is 6. The van der Waals surface area contributed by atoms with Crippen molar-refractivity contribution in [3.05, 3.63) is 65.7 Å². The normalized spacial score (nSPS) is 15.7. The molecule has 1 aliphatic rings. The Labute approximate surface area is 170 Å². The number of nitrogens with zero attached hydrogens (tertiary/aromatic N) is 3. The van der Waals surface area contributed by atoms with Gasteiger partial charge in [-0.15, -0.1) is 0 Å². The summed E-state index contributed by atoms with van der Waals surface area (Å²) in [4.78, 5) is 19.3. The molecule has 0 unspecified atom stereocenters. The van der Waals surface area contributed by atoms with Crippen LogP contribution in [0.5, 0.6) is 0 Å². The first-order valence-corrected chi connectivity index (χ1v) is 10.2. The van der Waals surface area contributed by atoms with Gasteiger partial charge in [0.1, 0.15) is 11.5 Å². The van der Waals surface area contributed by atoms with E-state index in [9.17, 15) is 9.18 Å². The Balaban J connectivity index is 1.25. The van der Waals surface area contributed by atoms with Gasteiger partial charge in [-0.1, -0.05) is 18.2 Å². The van der Waals surface area contributed by atoms with Gasteiger partial charge in [0.05, 0.1) is 0 Å². The number of aromatic nitrogens is 2. The predicted octanol–water partition coefficient (Wildman–Crippen LogP) is 3.28. The van der Waals surface area contributed by atoms with Crippen molar-refractivity contribution in [2.75, 3.05) is 19.6 Å². The number of benzene rings is 1. The number of pyridine rings is 1. The van der Waals surface area contributed by atoms with Crippen LogP contribution in [0.2, 0.25) is 0 Å². The molecule has 2 aromatic heterocycles. The third-order valence-corrected chi connectivity index (χ3v) is 5.88. The molecule has 6 heteroatoms. The maximum absolute atomic E-state index is 13.7. The average molecular weight is 394 g/mol. The van der Waals surface area contributed by atoms with E-state index in [2.05, 4.69) is 32.0 Å². The van der Waals surface area contributed by atoms with Crippen molar-refractivity contribution in [3.63, 3.8) is 0 Å². The fourth-order valence-electron chi connectivity index (χ4n) is 4.16. The van der Waals surface area contributed by atoms with Gasteiger partial charge in [-0.3, -0.25) is 4.79 Å². The summed E-state index contributed by atoms with van der Waals surface area (Å²) in [7, 11) is 2.03. The van der Waals surface area contributed by atoms with Crippen molar-refractivity contribution in [3.8, 4) is 0 Å². The van der Waals surface area contributed by atoms with Crippen LogP contribution in [0, 0.1) is 11.7 Å². The van der Waals surface area contributed by atoms with Gasteiger partial charge < -0.3 is 14.8 Å². The van der Waals surface area contributed by atoms with E-state index in [4.69, 9.17) is 0 Å². The van der Waals surface area contributed by atoms with Gasteiger partial charge in [0, 0.05) is 49.4 Å². The first-order valence-electron chi connectivity index (χ1n) is 10.2. The fraction of sp³-hybridized carbons (Fsp3) is 0.391. The number of nitrogens with one attached hydrogen (secondary N) is 1. The minimum Gasteiger partial charge on any atom is -0.352 e. The summed E-state index contributed by atoms with van der Waals surface area (Å²) >= 11 is 0. The van der Waals surface area contributed by atoms with Gasteiger partial charge in [0.25, 0.3) is 0 Å². The zero-order valence-corrected chi connectivity index (χ0v) is 16.8. The molecule has 1 N–H and O–H groups in total. The van der Waals surface area contributed by atoms with E-state index < -0.39 is 0 Å². The van der Waals surface area contributed by atoms with Crippen LogP contribution in [-0.2, 0) is 24.8 Å². The molecule has 29 heavy (non-hydrogen) atoms. The minimum absolute atomic E-state index is 0.0137. The minimum atomic E-state index is -0.272. The van der Waals surface area contributed by atoms with Crippen LogP contribution in [0.4, 0.5) is 4.39 Å². The van der Waals surface area contributed by atoms with Gasteiger partial charge in [0.2, 0.25) is 5.91 Å². The molecule has 1 saturated heterocycles. The summed E-state index contributed by atoms with van der Waals surface area (Å²) in [6.07, 6.45) is 6.67. The van der Waals surface area contributed by atoms with E-state index in [1.54, 1.807) is 18.2 Å². The molecular weight excluding hydrogens is 367 g/mol. The number of aryl methyl sites for hydroxylation is 1. The Bertz CT molecular complexity index is 991. The Hall–Kier alpha value is -2.73. The largest absolute Gasteiger partial charge is 0.352 e. The maximum Gasteiger partial charge on any atom is 0.223 e. The smallest absolute Gasteiger partial charge is 0.223 e. The number of carbonyl (C=O) groups is 1. The van der Waals surface area contributed by atoms with Gasteiger partial charge in [-0.25, -0.2) is 9.37 Å². The van der Waals surface area contributed by atoms with E-state index >= 15 is 0 Å². The highest BCUT2D eigenvalue weighted by Crippen LogP contribution is 2.21. The Morgan fingerprint density at radius 1 is 1.17 bits per heavy atom. The van der Waals surface area contributed by atoms with E-state index in [-0.39, 0.29) is 24.2 Å². The Kier molecular flexibility index (Phi) is 5.90. The molecule has 3 heterocycles. The van der Waals surface area contributed by atoms with E-state index in [1.807, 2.05) is 19.3 Å². The lowest BCUT2D eigenvalue weighted by atomic mass is 9.95. The predicted molar refractivity (Wildman–Crippen MR) is 112 cm³/mol. The molecule has 0 atom stereocenters. The molecule has 1 fully saturated rings. The molecule has 0 bridgehead atoms. The quantitative estimate of drug-likeness (QED) is 0.698. The molecular formula is C23H27FN4O. The van der Waals surface area contributed by atoms with Gasteiger partial charge in [-0.2, -0.15) is 0 Å². The van der Waals surface area contributed by atoms with Crippen LogP contribution in [0.3, 0.4) is 0 Å². The highest BCUT2D eigenvalue weighted by atomic mass is 19.1. The lowest BCUT2D eigenvalue weighted by molar-refractivity contribution is -0.126. The summed E-state index contributed by atoms with van der Waals surface area (Å²) in [5, 5.41) is 4.12.